The van der Waals surface area contributed by atoms with Gasteiger partial charge in [-0.15, -0.1) is 11.3 Å². The molecule has 1 saturated carbocycles. The molecule has 12 heteroatoms. The maximum Gasteiger partial charge on any atom is 0.332 e. The van der Waals surface area contributed by atoms with Crippen LogP contribution in [0.15, 0.2) is 39.0 Å². The fraction of sp³-hybridized carbons (Fsp3) is 0.417. The zero-order chi connectivity index (χ0) is 26.0. The average molecular weight is 532 g/mol. The molecule has 1 aliphatic rings. The van der Waals surface area contributed by atoms with E-state index in [1.807, 2.05) is 20.8 Å². The third kappa shape index (κ3) is 4.43. The molecular weight excluding hydrogens is 505 g/mol. The number of sulfone groups is 1. The van der Waals surface area contributed by atoms with Crippen molar-refractivity contribution in [3.8, 4) is 0 Å². The van der Waals surface area contributed by atoms with Crippen molar-refractivity contribution in [3.05, 3.63) is 72.3 Å². The molecule has 3 heterocycles. The van der Waals surface area contributed by atoms with Gasteiger partial charge in [-0.2, -0.15) is 5.10 Å². The largest absolute Gasteiger partial charge is 0.332 e. The summed E-state index contributed by atoms with van der Waals surface area (Å²) in [6.07, 6.45) is 4.75. The minimum Gasteiger partial charge on any atom is -0.288 e. The quantitative estimate of drug-likeness (QED) is 0.363. The molecule has 0 amide bonds. The number of fused-ring (bicyclic) bond motifs is 1. The molecule has 36 heavy (non-hydrogen) atoms. The number of hydrogen-bond donors (Lipinski definition) is 0. The maximum atomic E-state index is 15.3. The molecular formula is C24H26FN5O4S2. The van der Waals surface area contributed by atoms with Crippen molar-refractivity contribution in [2.24, 2.45) is 12.5 Å². The van der Waals surface area contributed by atoms with Gasteiger partial charge in [-0.25, -0.2) is 22.6 Å². The summed E-state index contributed by atoms with van der Waals surface area (Å²) in [6.45, 7) is 5.54. The molecule has 0 N–H and O–H groups in total. The first-order valence-electron chi connectivity index (χ1n) is 11.5. The van der Waals surface area contributed by atoms with Crippen LogP contribution in [-0.4, -0.2) is 38.1 Å². The van der Waals surface area contributed by atoms with Crippen molar-refractivity contribution < 1.29 is 12.8 Å². The molecule has 0 saturated heterocycles. The van der Waals surface area contributed by atoms with Crippen LogP contribution in [0, 0.1) is 25.1 Å². The lowest BCUT2D eigenvalue weighted by atomic mass is 10.2. The number of aryl methyl sites for hydroxylation is 3. The second-order valence-electron chi connectivity index (χ2n) is 9.89. The van der Waals surface area contributed by atoms with Crippen LogP contribution in [-0.2, 0) is 30.0 Å². The van der Waals surface area contributed by atoms with E-state index in [-0.39, 0.29) is 35.2 Å². The van der Waals surface area contributed by atoms with Gasteiger partial charge in [0.25, 0.3) is 5.56 Å². The van der Waals surface area contributed by atoms with Crippen molar-refractivity contribution in [3.63, 3.8) is 0 Å². The van der Waals surface area contributed by atoms with Crippen molar-refractivity contribution in [2.45, 2.75) is 51.6 Å². The van der Waals surface area contributed by atoms with E-state index >= 15 is 4.39 Å². The van der Waals surface area contributed by atoms with Crippen molar-refractivity contribution in [1.29, 1.82) is 0 Å². The minimum absolute atomic E-state index is 0.0293. The standard InChI is InChI=1S/C24H26FN5O4S2/c1-14-20(35-15(2)27-14)12-29-19-8-18(25)21(36(33,34)13-24(3)5-6-24)7-17(19)22(31)30(23(29)32)11-16-9-26-28(4)10-16/h7-10H,5-6,11-13H2,1-4H3. The van der Waals surface area contributed by atoms with Gasteiger partial charge in [0.15, 0.2) is 9.84 Å². The summed E-state index contributed by atoms with van der Waals surface area (Å²) in [4.78, 5) is 31.8. The van der Waals surface area contributed by atoms with Gasteiger partial charge in [0, 0.05) is 23.7 Å². The Bertz CT molecular complexity index is 1740. The summed E-state index contributed by atoms with van der Waals surface area (Å²) in [7, 11) is -2.26. The number of thiazole rings is 1. The third-order valence-corrected chi connectivity index (χ3v) is 9.77. The maximum absolute atomic E-state index is 15.3. The molecule has 190 valence electrons. The first-order chi connectivity index (χ1) is 16.9. The zero-order valence-corrected chi connectivity index (χ0v) is 22.0. The Morgan fingerprint density at radius 3 is 2.44 bits per heavy atom. The topological polar surface area (TPSA) is 109 Å². The lowest BCUT2D eigenvalue weighted by Gasteiger charge is -2.16. The molecule has 0 unspecified atom stereocenters. The smallest absolute Gasteiger partial charge is 0.288 e. The third-order valence-electron chi connectivity index (χ3n) is 6.66. The molecule has 0 bridgehead atoms. The van der Waals surface area contributed by atoms with Gasteiger partial charge >= 0.3 is 5.69 Å². The van der Waals surface area contributed by atoms with Crippen LogP contribution < -0.4 is 11.2 Å². The summed E-state index contributed by atoms with van der Waals surface area (Å²) < 4.78 is 45.4. The molecule has 0 radical (unpaired) electrons. The minimum atomic E-state index is -3.98. The lowest BCUT2D eigenvalue weighted by molar-refractivity contribution is 0.549. The molecule has 0 spiro atoms. The van der Waals surface area contributed by atoms with Crippen LogP contribution in [0.25, 0.3) is 10.9 Å². The van der Waals surface area contributed by atoms with E-state index in [9.17, 15) is 18.0 Å². The highest BCUT2D eigenvalue weighted by atomic mass is 32.2. The average Bonchev–Trinajstić information content (AvgIpc) is 3.20. The summed E-state index contributed by atoms with van der Waals surface area (Å²) in [5.41, 5.74) is -0.263. The van der Waals surface area contributed by atoms with Crippen LogP contribution in [0.4, 0.5) is 4.39 Å². The SMILES string of the molecule is Cc1nc(C)c(Cn2c(=O)n(Cc3cnn(C)c3)c(=O)c3cc(S(=O)(=O)CC4(C)CC4)c(F)cc32)s1. The Labute approximate surface area is 210 Å². The highest BCUT2D eigenvalue weighted by molar-refractivity contribution is 7.91. The molecule has 3 aromatic heterocycles. The van der Waals surface area contributed by atoms with Gasteiger partial charge in [-0.1, -0.05) is 6.92 Å². The van der Waals surface area contributed by atoms with E-state index in [0.29, 0.717) is 5.56 Å². The fourth-order valence-electron chi connectivity index (χ4n) is 4.44. The highest BCUT2D eigenvalue weighted by Crippen LogP contribution is 2.47. The molecule has 1 aliphatic carbocycles. The Balaban J connectivity index is 1.75. The second kappa shape index (κ2) is 8.48. The van der Waals surface area contributed by atoms with Crippen LogP contribution in [0.2, 0.25) is 0 Å². The molecule has 9 nitrogen and oxygen atoms in total. The van der Waals surface area contributed by atoms with Crippen LogP contribution in [0.1, 0.15) is 40.9 Å². The van der Waals surface area contributed by atoms with Gasteiger partial charge in [-0.3, -0.25) is 18.6 Å². The number of nitrogens with zero attached hydrogens (tertiary/aromatic N) is 5. The van der Waals surface area contributed by atoms with Gasteiger partial charge < -0.3 is 0 Å². The Hall–Kier alpha value is -3.12. The lowest BCUT2D eigenvalue weighted by Crippen LogP contribution is -2.40. The normalized spacial score (nSPS) is 15.0. The van der Waals surface area contributed by atoms with E-state index in [2.05, 4.69) is 10.1 Å². The Morgan fingerprint density at radius 1 is 1.14 bits per heavy atom. The molecule has 5 rings (SSSR count). The van der Waals surface area contributed by atoms with Crippen molar-refractivity contribution >= 4 is 32.1 Å². The first kappa shape index (κ1) is 24.6. The number of rotatable bonds is 7. The van der Waals surface area contributed by atoms with E-state index in [0.717, 1.165) is 45.1 Å². The van der Waals surface area contributed by atoms with Crippen molar-refractivity contribution in [2.75, 3.05) is 5.75 Å². The molecule has 0 aliphatic heterocycles. The number of aromatic nitrogens is 5. The molecule has 0 atom stereocenters. The number of hydrogen-bond acceptors (Lipinski definition) is 7. The summed E-state index contributed by atoms with van der Waals surface area (Å²) in [6, 6.07) is 2.09. The van der Waals surface area contributed by atoms with Gasteiger partial charge in [0.05, 0.1) is 46.6 Å². The Kier molecular flexibility index (Phi) is 5.79. The first-order valence-corrected chi connectivity index (χ1v) is 13.9. The van der Waals surface area contributed by atoms with Crippen LogP contribution >= 0.6 is 11.3 Å². The summed E-state index contributed by atoms with van der Waals surface area (Å²) in [5.74, 6) is -1.16. The van der Waals surface area contributed by atoms with Gasteiger partial charge in [0.1, 0.15) is 10.7 Å². The molecule has 1 aromatic carbocycles. The molecule has 4 aromatic rings. The predicted octanol–water partition coefficient (Wildman–Crippen LogP) is 2.78. The summed E-state index contributed by atoms with van der Waals surface area (Å²) >= 11 is 1.41. The van der Waals surface area contributed by atoms with E-state index in [1.54, 1.807) is 24.1 Å². The number of halogens is 1. The van der Waals surface area contributed by atoms with Gasteiger partial charge in [-0.05, 0) is 44.2 Å². The van der Waals surface area contributed by atoms with Crippen molar-refractivity contribution in [1.82, 2.24) is 23.9 Å². The monoisotopic (exact) mass is 531 g/mol. The number of benzene rings is 1. The van der Waals surface area contributed by atoms with E-state index in [4.69, 9.17) is 0 Å². The summed E-state index contributed by atoms with van der Waals surface area (Å²) in [5, 5.41) is 4.88. The van der Waals surface area contributed by atoms with Crippen LogP contribution in [0.3, 0.4) is 0 Å². The Morgan fingerprint density at radius 2 is 1.86 bits per heavy atom. The fourth-order valence-corrected chi connectivity index (χ4v) is 7.38. The van der Waals surface area contributed by atoms with Gasteiger partial charge in [0.2, 0.25) is 0 Å². The van der Waals surface area contributed by atoms with E-state index < -0.39 is 31.8 Å². The second-order valence-corrected chi connectivity index (χ2v) is 13.1. The predicted molar refractivity (Wildman–Crippen MR) is 135 cm³/mol. The van der Waals surface area contributed by atoms with Crippen LogP contribution in [0.5, 0.6) is 0 Å². The van der Waals surface area contributed by atoms with E-state index in [1.165, 1.54) is 15.9 Å². The molecule has 1 fully saturated rings. The highest BCUT2D eigenvalue weighted by Gasteiger charge is 2.42. The zero-order valence-electron chi connectivity index (χ0n) is 20.4.